The first-order valence-corrected chi connectivity index (χ1v) is 12.9. The van der Waals surface area contributed by atoms with E-state index in [1.54, 1.807) is 19.2 Å². The average molecular weight is 531 g/mol. The Morgan fingerprint density at radius 1 is 1.26 bits per heavy atom. The molecule has 2 N–H and O–H groups in total. The highest BCUT2D eigenvalue weighted by atomic mass is 19.3. The summed E-state index contributed by atoms with van der Waals surface area (Å²) in [6.07, 6.45) is 2.62. The van der Waals surface area contributed by atoms with Crippen molar-refractivity contribution < 1.29 is 27.9 Å². The molecule has 38 heavy (non-hydrogen) atoms. The number of halogens is 3. The molecule has 1 amide bonds. The molecule has 1 aromatic carbocycles. The number of aryl methyl sites for hydroxylation is 2. The highest BCUT2D eigenvalue weighted by Crippen LogP contribution is 2.37. The number of hydrogen-bond acceptors (Lipinski definition) is 5. The summed E-state index contributed by atoms with van der Waals surface area (Å²) in [5.74, 6) is -0.437. The van der Waals surface area contributed by atoms with Crippen molar-refractivity contribution in [2.45, 2.75) is 71.3 Å². The Bertz CT molecular complexity index is 1370. The largest absolute Gasteiger partial charge is 0.378 e. The fraction of sp³-hybridized carbons (Fsp3) is 0.500. The predicted molar refractivity (Wildman–Crippen MR) is 138 cm³/mol. The number of hydrogen-bond donors (Lipinski definition) is 2. The number of aliphatic hydroxyl groups is 1. The van der Waals surface area contributed by atoms with Gasteiger partial charge in [-0.05, 0) is 73.9 Å². The highest BCUT2D eigenvalue weighted by Gasteiger charge is 2.39. The van der Waals surface area contributed by atoms with Gasteiger partial charge in [0.1, 0.15) is 17.1 Å². The van der Waals surface area contributed by atoms with E-state index in [-0.39, 0.29) is 45.9 Å². The highest BCUT2D eigenvalue weighted by molar-refractivity contribution is 5.93. The number of alkyl halides is 2. The number of carbonyl (C=O) groups excluding carboxylic acids is 2. The molecule has 2 heterocycles. The van der Waals surface area contributed by atoms with Gasteiger partial charge in [-0.1, -0.05) is 13.3 Å². The van der Waals surface area contributed by atoms with Gasteiger partial charge in [-0.3, -0.25) is 14.3 Å². The summed E-state index contributed by atoms with van der Waals surface area (Å²) < 4.78 is 43.5. The van der Waals surface area contributed by atoms with Crippen molar-refractivity contribution in [1.29, 1.82) is 0 Å². The van der Waals surface area contributed by atoms with Crippen LogP contribution in [0.15, 0.2) is 24.4 Å². The van der Waals surface area contributed by atoms with Crippen LogP contribution in [0.2, 0.25) is 0 Å². The lowest BCUT2D eigenvalue weighted by Crippen LogP contribution is -2.33. The van der Waals surface area contributed by atoms with Crippen molar-refractivity contribution >= 4 is 28.4 Å². The van der Waals surface area contributed by atoms with Crippen LogP contribution in [0.3, 0.4) is 0 Å². The van der Waals surface area contributed by atoms with Crippen LogP contribution in [0.1, 0.15) is 63.6 Å². The van der Waals surface area contributed by atoms with E-state index in [2.05, 4.69) is 15.4 Å². The van der Waals surface area contributed by atoms with Crippen molar-refractivity contribution in [1.82, 2.24) is 14.8 Å². The minimum absolute atomic E-state index is 0.0736. The lowest BCUT2D eigenvalue weighted by molar-refractivity contribution is -0.123. The standard InChI is InChI=1S/C28H33F3N4O3/c1-5-19(36)10-16-7-6-8-17(9-16)26(37)33-23-13-20(15(2)14-32-23)18-11-21-24(22(29)12-18)34-35(4)25(21)28(3,38)27(30)31/h11-14,16-17,27,38H,5-10H2,1-4H3,(H,32,33,37)/t16-,17+,28-/m1/s1. The Hall–Kier alpha value is -3.27. The molecule has 1 aliphatic rings. The van der Waals surface area contributed by atoms with Gasteiger partial charge in [0.05, 0.1) is 5.69 Å². The second-order valence-electron chi connectivity index (χ2n) is 10.5. The first-order valence-electron chi connectivity index (χ1n) is 12.9. The number of ketones is 1. The fourth-order valence-corrected chi connectivity index (χ4v) is 5.43. The number of amides is 1. The van der Waals surface area contributed by atoms with E-state index in [0.717, 1.165) is 30.9 Å². The topological polar surface area (TPSA) is 97.1 Å². The van der Waals surface area contributed by atoms with Gasteiger partial charge in [0.25, 0.3) is 6.43 Å². The molecular formula is C28H33F3N4O3. The van der Waals surface area contributed by atoms with Gasteiger partial charge < -0.3 is 10.4 Å². The molecule has 1 aliphatic carbocycles. The van der Waals surface area contributed by atoms with Gasteiger partial charge >= 0.3 is 0 Å². The molecule has 1 saturated carbocycles. The fourth-order valence-electron chi connectivity index (χ4n) is 5.43. The van der Waals surface area contributed by atoms with Crippen molar-refractivity contribution in [2.24, 2.45) is 18.9 Å². The minimum Gasteiger partial charge on any atom is -0.378 e. The average Bonchev–Trinajstić information content (AvgIpc) is 3.22. The summed E-state index contributed by atoms with van der Waals surface area (Å²) in [5, 5.41) is 17.4. The maximum atomic E-state index is 15.1. The number of pyridine rings is 1. The summed E-state index contributed by atoms with van der Waals surface area (Å²) in [4.78, 5) is 29.2. The second kappa shape index (κ2) is 10.8. The number of nitrogens with zero attached hydrogens (tertiary/aromatic N) is 3. The van der Waals surface area contributed by atoms with Crippen molar-refractivity contribution in [3.63, 3.8) is 0 Å². The van der Waals surface area contributed by atoms with Crippen LogP contribution in [0.5, 0.6) is 0 Å². The molecule has 4 rings (SSSR count). The predicted octanol–water partition coefficient (Wildman–Crippen LogP) is 5.67. The minimum atomic E-state index is -3.11. The summed E-state index contributed by atoms with van der Waals surface area (Å²) in [7, 11) is 1.38. The SMILES string of the molecule is CCC(=O)C[C@@H]1CCC[C@H](C(=O)Nc2cc(-c3cc(F)c4nn(C)c([C@@](C)(O)C(F)F)c4c3)c(C)cn2)C1. The molecule has 0 aliphatic heterocycles. The van der Waals surface area contributed by atoms with Gasteiger partial charge in [-0.2, -0.15) is 5.10 Å². The molecule has 3 atom stereocenters. The number of rotatable bonds is 8. The van der Waals surface area contributed by atoms with E-state index >= 15 is 4.39 Å². The van der Waals surface area contributed by atoms with Gasteiger partial charge in [0.15, 0.2) is 11.4 Å². The number of anilines is 1. The molecule has 204 valence electrons. The van der Waals surface area contributed by atoms with E-state index < -0.39 is 17.8 Å². The summed E-state index contributed by atoms with van der Waals surface area (Å²) in [6, 6.07) is 4.39. The second-order valence-corrected chi connectivity index (χ2v) is 10.5. The number of benzene rings is 1. The quantitative estimate of drug-likeness (QED) is 0.391. The molecule has 2 aromatic heterocycles. The number of carbonyl (C=O) groups is 2. The van der Waals surface area contributed by atoms with E-state index in [9.17, 15) is 23.5 Å². The van der Waals surface area contributed by atoms with Crippen LogP contribution in [0.4, 0.5) is 19.0 Å². The van der Waals surface area contributed by atoms with Crippen LogP contribution >= 0.6 is 0 Å². The maximum absolute atomic E-state index is 15.1. The number of Topliss-reactive ketones (excluding diaryl/α,β-unsaturated/α-hetero) is 1. The molecule has 0 bridgehead atoms. The zero-order valence-electron chi connectivity index (χ0n) is 22.0. The van der Waals surface area contributed by atoms with Crippen LogP contribution < -0.4 is 5.32 Å². The van der Waals surface area contributed by atoms with E-state index in [1.165, 1.54) is 19.2 Å². The number of aromatic nitrogens is 3. The zero-order chi connectivity index (χ0) is 27.8. The third kappa shape index (κ3) is 5.45. The first-order chi connectivity index (χ1) is 17.9. The Morgan fingerprint density at radius 3 is 2.68 bits per heavy atom. The lowest BCUT2D eigenvalue weighted by Gasteiger charge is -2.28. The monoisotopic (exact) mass is 530 g/mol. The summed E-state index contributed by atoms with van der Waals surface area (Å²) in [6.45, 7) is 4.58. The van der Waals surface area contributed by atoms with Crippen molar-refractivity contribution in [2.75, 3.05) is 5.32 Å². The number of fused-ring (bicyclic) bond motifs is 1. The van der Waals surface area contributed by atoms with Crippen molar-refractivity contribution in [3.05, 3.63) is 41.5 Å². The maximum Gasteiger partial charge on any atom is 0.272 e. The molecule has 10 heteroatoms. The van der Waals surface area contributed by atoms with Crippen LogP contribution in [0, 0.1) is 24.6 Å². The Balaban J connectivity index is 1.64. The normalized spacial score (nSPS) is 19.5. The summed E-state index contributed by atoms with van der Waals surface area (Å²) in [5.41, 5.74) is -1.25. The molecule has 7 nitrogen and oxygen atoms in total. The van der Waals surface area contributed by atoms with E-state index in [4.69, 9.17) is 0 Å². The molecule has 0 spiro atoms. The zero-order valence-corrected chi connectivity index (χ0v) is 22.0. The number of nitrogens with one attached hydrogen (secondary N) is 1. The molecule has 0 unspecified atom stereocenters. The Labute approximate surface area is 219 Å². The lowest BCUT2D eigenvalue weighted by atomic mass is 9.78. The van der Waals surface area contributed by atoms with Crippen LogP contribution in [-0.4, -0.2) is 38.0 Å². The van der Waals surface area contributed by atoms with E-state index in [0.29, 0.717) is 36.0 Å². The van der Waals surface area contributed by atoms with Crippen LogP contribution in [-0.2, 0) is 22.2 Å². The van der Waals surface area contributed by atoms with Gasteiger partial charge in [-0.15, -0.1) is 0 Å². The van der Waals surface area contributed by atoms with Gasteiger partial charge in [-0.25, -0.2) is 18.2 Å². The Morgan fingerprint density at radius 2 is 2.00 bits per heavy atom. The van der Waals surface area contributed by atoms with E-state index in [1.807, 2.05) is 6.92 Å². The third-order valence-corrected chi connectivity index (χ3v) is 7.53. The smallest absolute Gasteiger partial charge is 0.272 e. The Kier molecular flexibility index (Phi) is 7.92. The molecule has 0 radical (unpaired) electrons. The molecular weight excluding hydrogens is 497 g/mol. The van der Waals surface area contributed by atoms with Crippen molar-refractivity contribution in [3.8, 4) is 11.1 Å². The van der Waals surface area contributed by atoms with Gasteiger partial charge in [0, 0.05) is 37.4 Å². The summed E-state index contributed by atoms with van der Waals surface area (Å²) >= 11 is 0. The molecule has 1 fully saturated rings. The molecule has 0 saturated heterocycles. The molecule has 3 aromatic rings. The van der Waals surface area contributed by atoms with Crippen LogP contribution in [0.25, 0.3) is 22.0 Å². The third-order valence-electron chi connectivity index (χ3n) is 7.53. The first kappa shape index (κ1) is 27.8. The van der Waals surface area contributed by atoms with Gasteiger partial charge in [0.2, 0.25) is 5.91 Å².